The summed E-state index contributed by atoms with van der Waals surface area (Å²) in [5, 5.41) is 11.0. The van der Waals surface area contributed by atoms with Gasteiger partial charge in [-0.05, 0) is 6.07 Å². The predicted molar refractivity (Wildman–Crippen MR) is 69.8 cm³/mol. The summed E-state index contributed by atoms with van der Waals surface area (Å²) in [6.45, 7) is 3.59. The number of nitrogens with zero attached hydrogens (tertiary/aromatic N) is 4. The van der Waals surface area contributed by atoms with Gasteiger partial charge in [0.2, 0.25) is 11.7 Å². The zero-order valence-electron chi connectivity index (χ0n) is 10.6. The monoisotopic (exact) mass is 265 g/mol. The molecule has 0 aliphatic carbocycles. The van der Waals surface area contributed by atoms with Crippen molar-refractivity contribution >= 4 is 23.2 Å². The minimum atomic E-state index is -0.473. The zero-order valence-corrected chi connectivity index (χ0v) is 10.6. The van der Waals surface area contributed by atoms with Crippen molar-refractivity contribution in [3.8, 4) is 0 Å². The number of hydrogen-bond acceptors (Lipinski definition) is 6. The highest BCUT2D eigenvalue weighted by Crippen LogP contribution is 2.27. The second kappa shape index (κ2) is 5.09. The van der Waals surface area contributed by atoms with Crippen molar-refractivity contribution in [3.63, 3.8) is 0 Å². The third-order valence-corrected chi connectivity index (χ3v) is 3.10. The van der Waals surface area contributed by atoms with Gasteiger partial charge >= 0.3 is 5.69 Å². The van der Waals surface area contributed by atoms with Crippen LogP contribution in [0.4, 0.5) is 17.3 Å². The maximum Gasteiger partial charge on any atom is 0.311 e. The number of pyridine rings is 1. The number of piperazine rings is 1. The Kier molecular flexibility index (Phi) is 3.50. The normalized spacial score (nSPS) is 15.4. The Bertz CT molecular complexity index is 511. The molecule has 1 aromatic heterocycles. The minimum absolute atomic E-state index is 0.00897. The molecule has 0 aromatic carbocycles. The molecule has 2 heterocycles. The highest BCUT2D eigenvalue weighted by Gasteiger charge is 2.25. The number of aromatic nitrogens is 1. The highest BCUT2D eigenvalue weighted by molar-refractivity contribution is 5.73. The molecule has 0 unspecified atom stereocenters. The standard InChI is InChI=1S/C11H15N5O3/c1-8(17)14-4-6-15(7-5-14)11-9(16(18)19)2-3-10(12)13-11/h2-3H,4-7H2,1H3,(H2,12,13). The minimum Gasteiger partial charge on any atom is -0.384 e. The number of hydrogen-bond donors (Lipinski definition) is 1. The van der Waals surface area contributed by atoms with Gasteiger partial charge in [0.1, 0.15) is 5.82 Å². The van der Waals surface area contributed by atoms with Crippen molar-refractivity contribution in [1.29, 1.82) is 0 Å². The van der Waals surface area contributed by atoms with E-state index in [0.717, 1.165) is 0 Å². The van der Waals surface area contributed by atoms with E-state index in [1.807, 2.05) is 0 Å². The molecule has 1 fully saturated rings. The molecule has 0 atom stereocenters. The molecule has 0 radical (unpaired) electrons. The Balaban J connectivity index is 2.21. The molecule has 1 aliphatic heterocycles. The van der Waals surface area contributed by atoms with Crippen LogP contribution in [0.15, 0.2) is 12.1 Å². The second-order valence-electron chi connectivity index (χ2n) is 4.33. The highest BCUT2D eigenvalue weighted by atomic mass is 16.6. The van der Waals surface area contributed by atoms with Crippen LogP contribution in [0.25, 0.3) is 0 Å². The summed E-state index contributed by atoms with van der Waals surface area (Å²) in [5.41, 5.74) is 5.52. The number of anilines is 2. The van der Waals surface area contributed by atoms with Crippen molar-refractivity contribution in [2.45, 2.75) is 6.92 Å². The molecule has 8 nitrogen and oxygen atoms in total. The lowest BCUT2D eigenvalue weighted by Crippen LogP contribution is -2.48. The van der Waals surface area contributed by atoms with E-state index < -0.39 is 4.92 Å². The van der Waals surface area contributed by atoms with E-state index >= 15 is 0 Å². The Labute approximate surface area is 110 Å². The summed E-state index contributed by atoms with van der Waals surface area (Å²) >= 11 is 0. The van der Waals surface area contributed by atoms with E-state index in [0.29, 0.717) is 26.2 Å². The maximum absolute atomic E-state index is 11.2. The maximum atomic E-state index is 11.2. The van der Waals surface area contributed by atoms with Gasteiger partial charge in [0, 0.05) is 39.2 Å². The largest absolute Gasteiger partial charge is 0.384 e. The smallest absolute Gasteiger partial charge is 0.311 e. The lowest BCUT2D eigenvalue weighted by Gasteiger charge is -2.34. The van der Waals surface area contributed by atoms with Crippen LogP contribution in [0.2, 0.25) is 0 Å². The van der Waals surface area contributed by atoms with Crippen LogP contribution in [-0.4, -0.2) is 46.9 Å². The van der Waals surface area contributed by atoms with Gasteiger partial charge in [0.15, 0.2) is 0 Å². The summed E-state index contributed by atoms with van der Waals surface area (Å²) in [7, 11) is 0. The van der Waals surface area contributed by atoms with Gasteiger partial charge in [-0.15, -0.1) is 0 Å². The fraction of sp³-hybridized carbons (Fsp3) is 0.455. The van der Waals surface area contributed by atoms with E-state index in [2.05, 4.69) is 4.98 Å². The first-order valence-electron chi connectivity index (χ1n) is 5.90. The van der Waals surface area contributed by atoms with Gasteiger partial charge in [-0.3, -0.25) is 14.9 Å². The van der Waals surface area contributed by atoms with Crippen LogP contribution in [0.3, 0.4) is 0 Å². The van der Waals surface area contributed by atoms with Crippen LogP contribution >= 0.6 is 0 Å². The summed E-state index contributed by atoms with van der Waals surface area (Å²) < 4.78 is 0. The lowest BCUT2D eigenvalue weighted by atomic mass is 10.2. The third-order valence-electron chi connectivity index (χ3n) is 3.10. The molecule has 8 heteroatoms. The second-order valence-corrected chi connectivity index (χ2v) is 4.33. The van der Waals surface area contributed by atoms with Crippen molar-refractivity contribution < 1.29 is 9.72 Å². The van der Waals surface area contributed by atoms with Crippen LogP contribution < -0.4 is 10.6 Å². The summed E-state index contributed by atoms with van der Waals surface area (Å²) in [5.74, 6) is 0.525. The van der Waals surface area contributed by atoms with Crippen LogP contribution in [-0.2, 0) is 4.79 Å². The number of rotatable bonds is 2. The van der Waals surface area contributed by atoms with Crippen LogP contribution in [0, 0.1) is 10.1 Å². The molecule has 2 rings (SSSR count). The Hall–Kier alpha value is -2.38. The molecule has 0 saturated carbocycles. The number of nitro groups is 1. The SMILES string of the molecule is CC(=O)N1CCN(c2nc(N)ccc2[N+](=O)[O-])CC1. The Morgan fingerprint density at radius 1 is 1.37 bits per heavy atom. The fourth-order valence-electron chi connectivity index (χ4n) is 2.06. The van der Waals surface area contributed by atoms with Crippen LogP contribution in [0.1, 0.15) is 6.92 Å². The number of amides is 1. The third kappa shape index (κ3) is 2.72. The summed E-state index contributed by atoms with van der Waals surface area (Å²) in [6, 6.07) is 2.77. The molecule has 1 aliphatic rings. The van der Waals surface area contributed by atoms with Gasteiger partial charge in [-0.25, -0.2) is 4.98 Å². The summed E-state index contributed by atoms with van der Waals surface area (Å²) in [6.07, 6.45) is 0. The average Bonchev–Trinajstić information content (AvgIpc) is 2.38. The number of carbonyl (C=O) groups is 1. The topological polar surface area (TPSA) is 106 Å². The van der Waals surface area contributed by atoms with E-state index in [1.165, 1.54) is 19.1 Å². The van der Waals surface area contributed by atoms with E-state index in [4.69, 9.17) is 5.73 Å². The number of nitrogens with two attached hydrogens (primary N) is 1. The average molecular weight is 265 g/mol. The van der Waals surface area contributed by atoms with Crippen molar-refractivity contribution in [1.82, 2.24) is 9.88 Å². The zero-order chi connectivity index (χ0) is 14.0. The van der Waals surface area contributed by atoms with Gasteiger partial charge in [0.25, 0.3) is 0 Å². The first-order valence-corrected chi connectivity index (χ1v) is 5.90. The molecule has 1 amide bonds. The lowest BCUT2D eigenvalue weighted by molar-refractivity contribution is -0.384. The first-order chi connectivity index (χ1) is 8.99. The first kappa shape index (κ1) is 13.1. The summed E-state index contributed by atoms with van der Waals surface area (Å²) in [4.78, 5) is 29.3. The molecular weight excluding hydrogens is 250 g/mol. The molecule has 0 spiro atoms. The van der Waals surface area contributed by atoms with Crippen molar-refractivity contribution in [2.75, 3.05) is 36.8 Å². The van der Waals surface area contributed by atoms with Gasteiger partial charge < -0.3 is 15.5 Å². The Morgan fingerprint density at radius 3 is 2.53 bits per heavy atom. The quantitative estimate of drug-likeness (QED) is 0.606. The van der Waals surface area contributed by atoms with E-state index in [1.54, 1.807) is 9.80 Å². The molecule has 102 valence electrons. The van der Waals surface area contributed by atoms with E-state index in [-0.39, 0.29) is 23.2 Å². The molecule has 2 N–H and O–H groups in total. The van der Waals surface area contributed by atoms with Gasteiger partial charge in [0.05, 0.1) is 4.92 Å². The van der Waals surface area contributed by atoms with Crippen molar-refractivity contribution in [3.05, 3.63) is 22.2 Å². The van der Waals surface area contributed by atoms with E-state index in [9.17, 15) is 14.9 Å². The number of carbonyl (C=O) groups excluding carboxylic acids is 1. The fourth-order valence-corrected chi connectivity index (χ4v) is 2.06. The molecule has 1 aromatic rings. The molecule has 0 bridgehead atoms. The predicted octanol–water partition coefficient (Wildman–Crippen LogP) is 0.240. The van der Waals surface area contributed by atoms with Gasteiger partial charge in [-0.2, -0.15) is 0 Å². The number of nitrogen functional groups attached to an aromatic ring is 1. The molecular formula is C11H15N5O3. The molecule has 19 heavy (non-hydrogen) atoms. The van der Waals surface area contributed by atoms with Crippen molar-refractivity contribution in [2.24, 2.45) is 0 Å². The molecule has 1 saturated heterocycles. The Morgan fingerprint density at radius 2 is 2.00 bits per heavy atom. The van der Waals surface area contributed by atoms with Gasteiger partial charge in [-0.1, -0.05) is 0 Å². The van der Waals surface area contributed by atoms with Crippen LogP contribution in [0.5, 0.6) is 0 Å².